The largest absolute Gasteiger partial charge is 0.451 e. The number of ether oxygens (including phenoxy) is 1. The van der Waals surface area contributed by atoms with Gasteiger partial charge in [0.1, 0.15) is 11.2 Å². The summed E-state index contributed by atoms with van der Waals surface area (Å²) in [5.41, 5.74) is 0.115. The molecule has 2 aromatic rings. The third kappa shape index (κ3) is 4.49. The molecule has 0 saturated carbocycles. The molecule has 1 aromatic heterocycles. The summed E-state index contributed by atoms with van der Waals surface area (Å²) < 4.78 is 10.9. The molecule has 1 unspecified atom stereocenters. The van der Waals surface area contributed by atoms with Crippen LogP contribution in [0.25, 0.3) is 11.0 Å². The van der Waals surface area contributed by atoms with Gasteiger partial charge in [0, 0.05) is 30.0 Å². The Hall–Kier alpha value is -2.21. The molecule has 1 aliphatic heterocycles. The Balaban J connectivity index is 1.52. The van der Waals surface area contributed by atoms with Crippen LogP contribution in [0.1, 0.15) is 37.7 Å². The number of carbonyl (C=O) groups excluding carboxylic acids is 2. The van der Waals surface area contributed by atoms with Gasteiger partial charge in [0.05, 0.1) is 0 Å². The molecule has 2 heterocycles. The second-order valence-corrected chi connectivity index (χ2v) is 8.02. The summed E-state index contributed by atoms with van der Waals surface area (Å²) in [5.74, 6) is 0.183. The normalized spacial score (nSPS) is 17.5. The van der Waals surface area contributed by atoms with E-state index in [-0.39, 0.29) is 23.7 Å². The van der Waals surface area contributed by atoms with Gasteiger partial charge in [-0.25, -0.2) is 4.79 Å². The number of nitrogens with zero attached hydrogens (tertiary/aromatic N) is 1. The van der Waals surface area contributed by atoms with Gasteiger partial charge in [-0.05, 0) is 57.4 Å². The number of amides is 2. The maximum atomic E-state index is 12.3. The van der Waals surface area contributed by atoms with E-state index in [9.17, 15) is 9.59 Å². The topological polar surface area (TPSA) is 71.8 Å². The van der Waals surface area contributed by atoms with E-state index in [0.29, 0.717) is 30.2 Å². The lowest BCUT2D eigenvalue weighted by Gasteiger charge is -2.24. The average molecular weight is 379 g/mol. The van der Waals surface area contributed by atoms with Crippen molar-refractivity contribution in [3.63, 3.8) is 0 Å². The zero-order chi connectivity index (χ0) is 18.9. The lowest BCUT2D eigenvalue weighted by molar-refractivity contribution is 0.0288. The van der Waals surface area contributed by atoms with Crippen LogP contribution in [0.5, 0.6) is 0 Å². The first-order valence-electron chi connectivity index (χ1n) is 8.66. The predicted octanol–water partition coefficient (Wildman–Crippen LogP) is 4.07. The lowest BCUT2D eigenvalue weighted by atomic mass is 10.1. The van der Waals surface area contributed by atoms with Crippen molar-refractivity contribution in [1.82, 2.24) is 10.2 Å². The summed E-state index contributed by atoms with van der Waals surface area (Å²) in [7, 11) is 0. The number of fused-ring (bicyclic) bond motifs is 1. The molecule has 3 rings (SSSR count). The second kappa shape index (κ2) is 7.19. The zero-order valence-electron chi connectivity index (χ0n) is 15.2. The minimum Gasteiger partial charge on any atom is -0.451 e. The minimum absolute atomic E-state index is 0.199. The number of likely N-dealkylation sites (tertiary alicyclic amines) is 1. The number of rotatable bonds is 3. The third-order valence-electron chi connectivity index (χ3n) is 4.19. The average Bonchev–Trinajstić information content (AvgIpc) is 3.17. The standard InChI is InChI=1S/C19H23ClN2O4/c1-19(2,3)26-18(24)22-7-6-12(11-22)10-21-17(23)16-9-13-8-14(20)4-5-15(13)25-16/h4-5,8-9,12H,6-7,10-11H2,1-3H3,(H,21,23). The summed E-state index contributed by atoms with van der Waals surface area (Å²) in [6.45, 7) is 7.23. The fraction of sp³-hybridized carbons (Fsp3) is 0.474. The van der Waals surface area contributed by atoms with Crippen LogP contribution in [0.15, 0.2) is 28.7 Å². The fourth-order valence-electron chi connectivity index (χ4n) is 2.94. The highest BCUT2D eigenvalue weighted by Gasteiger charge is 2.30. The molecule has 6 nitrogen and oxygen atoms in total. The van der Waals surface area contributed by atoms with Crippen molar-refractivity contribution in [3.8, 4) is 0 Å². The van der Waals surface area contributed by atoms with Gasteiger partial charge >= 0.3 is 6.09 Å². The highest BCUT2D eigenvalue weighted by atomic mass is 35.5. The van der Waals surface area contributed by atoms with Crippen LogP contribution in [-0.4, -0.2) is 42.1 Å². The monoisotopic (exact) mass is 378 g/mol. The quantitative estimate of drug-likeness (QED) is 0.873. The van der Waals surface area contributed by atoms with E-state index in [1.54, 1.807) is 29.2 Å². The maximum Gasteiger partial charge on any atom is 0.410 e. The van der Waals surface area contributed by atoms with Gasteiger partial charge in [-0.3, -0.25) is 4.79 Å². The van der Waals surface area contributed by atoms with Crippen LogP contribution >= 0.6 is 11.6 Å². The first-order valence-corrected chi connectivity index (χ1v) is 9.04. The number of carbonyl (C=O) groups is 2. The summed E-state index contributed by atoms with van der Waals surface area (Å²) in [6, 6.07) is 6.90. The van der Waals surface area contributed by atoms with Gasteiger partial charge in [-0.2, -0.15) is 0 Å². The van der Waals surface area contributed by atoms with Crippen LogP contribution in [0.3, 0.4) is 0 Å². The van der Waals surface area contributed by atoms with E-state index in [1.807, 2.05) is 20.8 Å². The van der Waals surface area contributed by atoms with Crippen molar-refractivity contribution in [2.24, 2.45) is 5.92 Å². The highest BCUT2D eigenvalue weighted by Crippen LogP contribution is 2.23. The van der Waals surface area contributed by atoms with E-state index in [0.717, 1.165) is 11.8 Å². The second-order valence-electron chi connectivity index (χ2n) is 7.58. The summed E-state index contributed by atoms with van der Waals surface area (Å²) >= 11 is 5.95. The molecular formula is C19H23ClN2O4. The van der Waals surface area contributed by atoms with Gasteiger partial charge in [-0.1, -0.05) is 11.6 Å². The Morgan fingerprint density at radius 3 is 2.85 bits per heavy atom. The number of hydrogen-bond acceptors (Lipinski definition) is 4. The molecule has 1 saturated heterocycles. The predicted molar refractivity (Wildman–Crippen MR) is 99.5 cm³/mol. The Bertz CT molecular complexity index is 825. The molecule has 7 heteroatoms. The van der Waals surface area contributed by atoms with Crippen molar-refractivity contribution in [2.75, 3.05) is 19.6 Å². The van der Waals surface area contributed by atoms with Crippen LogP contribution in [0.4, 0.5) is 4.79 Å². The first-order chi connectivity index (χ1) is 12.2. The Kier molecular flexibility index (Phi) is 5.14. The van der Waals surface area contributed by atoms with Gasteiger partial charge in [0.2, 0.25) is 0 Å². The van der Waals surface area contributed by atoms with Crippen molar-refractivity contribution >= 4 is 34.6 Å². The van der Waals surface area contributed by atoms with Crippen molar-refractivity contribution in [2.45, 2.75) is 32.8 Å². The maximum absolute atomic E-state index is 12.3. The van der Waals surface area contributed by atoms with E-state index in [1.165, 1.54) is 0 Å². The van der Waals surface area contributed by atoms with E-state index >= 15 is 0 Å². The van der Waals surface area contributed by atoms with Crippen LogP contribution < -0.4 is 5.32 Å². The Labute approximate surface area is 157 Å². The fourth-order valence-corrected chi connectivity index (χ4v) is 3.12. The Morgan fingerprint density at radius 2 is 2.12 bits per heavy atom. The van der Waals surface area contributed by atoms with Crippen LogP contribution in [-0.2, 0) is 4.74 Å². The number of furan rings is 1. The molecule has 140 valence electrons. The summed E-state index contributed by atoms with van der Waals surface area (Å²) in [6.07, 6.45) is 0.524. The van der Waals surface area contributed by atoms with Crippen molar-refractivity contribution in [1.29, 1.82) is 0 Å². The summed E-state index contributed by atoms with van der Waals surface area (Å²) in [5, 5.41) is 4.27. The van der Waals surface area contributed by atoms with Gasteiger partial charge in [0.25, 0.3) is 5.91 Å². The van der Waals surface area contributed by atoms with Crippen molar-refractivity contribution < 1.29 is 18.7 Å². The van der Waals surface area contributed by atoms with E-state index in [2.05, 4.69) is 5.32 Å². The SMILES string of the molecule is CC(C)(C)OC(=O)N1CCC(CNC(=O)c2cc3cc(Cl)ccc3o2)C1. The van der Waals surface area contributed by atoms with E-state index < -0.39 is 5.60 Å². The molecule has 1 N–H and O–H groups in total. The number of benzene rings is 1. The molecule has 1 aromatic carbocycles. The molecule has 1 atom stereocenters. The van der Waals surface area contributed by atoms with Gasteiger partial charge < -0.3 is 19.4 Å². The highest BCUT2D eigenvalue weighted by molar-refractivity contribution is 6.31. The van der Waals surface area contributed by atoms with Crippen LogP contribution in [0, 0.1) is 5.92 Å². The van der Waals surface area contributed by atoms with Gasteiger partial charge in [-0.15, -0.1) is 0 Å². The zero-order valence-corrected chi connectivity index (χ0v) is 15.9. The molecule has 0 bridgehead atoms. The molecule has 2 amide bonds. The number of hydrogen-bond donors (Lipinski definition) is 1. The lowest BCUT2D eigenvalue weighted by Crippen LogP contribution is -2.36. The first kappa shape index (κ1) is 18.6. The smallest absolute Gasteiger partial charge is 0.410 e. The molecule has 1 fully saturated rings. The summed E-state index contributed by atoms with van der Waals surface area (Å²) in [4.78, 5) is 26.1. The molecule has 0 spiro atoms. The molecule has 26 heavy (non-hydrogen) atoms. The third-order valence-corrected chi connectivity index (χ3v) is 4.43. The molecule has 1 aliphatic rings. The minimum atomic E-state index is -0.506. The number of halogens is 1. The van der Waals surface area contributed by atoms with Crippen molar-refractivity contribution in [3.05, 3.63) is 35.0 Å². The number of nitrogens with one attached hydrogen (secondary N) is 1. The Morgan fingerprint density at radius 1 is 1.35 bits per heavy atom. The molecular weight excluding hydrogens is 356 g/mol. The molecule has 0 aliphatic carbocycles. The van der Waals surface area contributed by atoms with Gasteiger partial charge in [0.15, 0.2) is 5.76 Å². The van der Waals surface area contributed by atoms with E-state index in [4.69, 9.17) is 20.8 Å². The van der Waals surface area contributed by atoms with Crippen LogP contribution in [0.2, 0.25) is 5.02 Å². The molecule has 0 radical (unpaired) electrons.